The minimum atomic E-state index is -0.366. The van der Waals surface area contributed by atoms with Crippen LogP contribution in [0.3, 0.4) is 0 Å². The Hall–Kier alpha value is -1.25. The highest BCUT2D eigenvalue weighted by Crippen LogP contribution is 2.34. The van der Waals surface area contributed by atoms with Gasteiger partial charge in [0, 0.05) is 5.70 Å². The van der Waals surface area contributed by atoms with Crippen LogP contribution in [0.4, 0.5) is 4.79 Å². The molecule has 19 heavy (non-hydrogen) atoms. The Morgan fingerprint density at radius 1 is 1.32 bits per heavy atom. The van der Waals surface area contributed by atoms with E-state index in [1.165, 1.54) is 32.1 Å². The number of rotatable bonds is 3. The number of alkyl carbamates (subject to hydrolysis) is 1. The van der Waals surface area contributed by atoms with Crippen molar-refractivity contribution < 1.29 is 9.53 Å². The van der Waals surface area contributed by atoms with Crippen LogP contribution in [0.25, 0.3) is 0 Å². The Bertz CT molecular complexity index is 376. The largest absolute Gasteiger partial charge is 0.443 e. The monoisotopic (exact) mass is 263 g/mol. The summed E-state index contributed by atoms with van der Waals surface area (Å²) in [7, 11) is 0. The van der Waals surface area contributed by atoms with Gasteiger partial charge in [0.15, 0.2) is 0 Å². The molecule has 0 aromatic heterocycles. The van der Waals surface area contributed by atoms with Gasteiger partial charge in [0.2, 0.25) is 0 Å². The van der Waals surface area contributed by atoms with Crippen molar-refractivity contribution in [2.24, 2.45) is 5.92 Å². The molecule has 1 saturated carbocycles. The van der Waals surface area contributed by atoms with Crippen LogP contribution in [-0.4, -0.2) is 11.7 Å². The number of carbonyl (C=O) groups is 1. The fourth-order valence-corrected chi connectivity index (χ4v) is 2.98. The topological polar surface area (TPSA) is 38.3 Å². The van der Waals surface area contributed by atoms with E-state index in [0.717, 1.165) is 18.5 Å². The van der Waals surface area contributed by atoms with Crippen LogP contribution >= 0.6 is 0 Å². The average Bonchev–Trinajstić information content (AvgIpc) is 2.40. The minimum Gasteiger partial charge on any atom is -0.443 e. The maximum atomic E-state index is 12.0. The Labute approximate surface area is 116 Å². The van der Waals surface area contributed by atoms with Crippen LogP contribution in [0.15, 0.2) is 23.9 Å². The fraction of sp³-hybridized carbons (Fsp3) is 0.688. The molecule has 0 aromatic carbocycles. The minimum absolute atomic E-state index is 0.308. The summed E-state index contributed by atoms with van der Waals surface area (Å²) in [6, 6.07) is 0. The first kappa shape index (κ1) is 14.2. The molecule has 2 aliphatic carbocycles. The van der Waals surface area contributed by atoms with Crippen molar-refractivity contribution in [3.05, 3.63) is 23.9 Å². The number of allylic oxidation sites excluding steroid dienone is 4. The summed E-state index contributed by atoms with van der Waals surface area (Å²) in [5.74, 6) is 0.493. The van der Waals surface area contributed by atoms with Gasteiger partial charge in [0.1, 0.15) is 5.60 Å². The molecule has 3 heteroatoms. The summed E-state index contributed by atoms with van der Waals surface area (Å²) in [4.78, 5) is 12.0. The summed E-state index contributed by atoms with van der Waals surface area (Å²) < 4.78 is 5.67. The van der Waals surface area contributed by atoms with Crippen LogP contribution in [0.1, 0.15) is 58.8 Å². The molecular formula is C16H25NO2. The number of nitrogens with one attached hydrogen (secondary N) is 1. The van der Waals surface area contributed by atoms with Gasteiger partial charge in [-0.1, -0.05) is 31.4 Å². The molecule has 1 fully saturated rings. The lowest BCUT2D eigenvalue weighted by atomic mass is 9.79. The van der Waals surface area contributed by atoms with Crippen LogP contribution in [-0.2, 0) is 4.74 Å². The van der Waals surface area contributed by atoms with Crippen molar-refractivity contribution in [3.8, 4) is 0 Å². The van der Waals surface area contributed by atoms with Crippen molar-refractivity contribution in [1.29, 1.82) is 0 Å². The number of hydrogen-bond donors (Lipinski definition) is 1. The molecule has 106 valence electrons. The molecule has 3 nitrogen and oxygen atoms in total. The van der Waals surface area contributed by atoms with Crippen molar-refractivity contribution in [2.45, 2.75) is 64.4 Å². The molecule has 2 aliphatic rings. The first-order valence-corrected chi connectivity index (χ1v) is 7.43. The van der Waals surface area contributed by atoms with Crippen LogP contribution in [0.5, 0.6) is 0 Å². The van der Waals surface area contributed by atoms with E-state index < -0.39 is 0 Å². The zero-order valence-corrected chi connectivity index (χ0v) is 12.1. The standard InChI is InChI=1S/C16H25NO2/c1-16(2,13-9-5-3-6-10-13)19-15(18)17-14-11-7-4-8-12-14/h4,7,11,13H,3,5-6,8-10,12H2,1-2H3,(H,17,18). The highest BCUT2D eigenvalue weighted by Gasteiger charge is 2.34. The quantitative estimate of drug-likeness (QED) is 0.824. The third-order valence-electron chi connectivity index (χ3n) is 4.22. The molecular weight excluding hydrogens is 238 g/mol. The van der Waals surface area contributed by atoms with E-state index in [0.29, 0.717) is 5.92 Å². The molecule has 0 radical (unpaired) electrons. The molecule has 1 N–H and O–H groups in total. The van der Waals surface area contributed by atoms with E-state index in [4.69, 9.17) is 4.74 Å². The van der Waals surface area contributed by atoms with E-state index in [-0.39, 0.29) is 11.7 Å². The summed E-state index contributed by atoms with van der Waals surface area (Å²) in [5.41, 5.74) is 0.585. The fourth-order valence-electron chi connectivity index (χ4n) is 2.98. The first-order chi connectivity index (χ1) is 9.08. The first-order valence-electron chi connectivity index (χ1n) is 7.43. The van der Waals surface area contributed by atoms with E-state index in [2.05, 4.69) is 11.4 Å². The second kappa shape index (κ2) is 6.27. The zero-order chi connectivity index (χ0) is 13.7. The molecule has 0 saturated heterocycles. The van der Waals surface area contributed by atoms with Crippen molar-refractivity contribution in [1.82, 2.24) is 5.32 Å². The molecule has 0 unspecified atom stereocenters. The van der Waals surface area contributed by atoms with Gasteiger partial charge < -0.3 is 4.74 Å². The lowest BCUT2D eigenvalue weighted by Crippen LogP contribution is -2.41. The van der Waals surface area contributed by atoms with Gasteiger partial charge in [-0.25, -0.2) is 4.79 Å². The third-order valence-corrected chi connectivity index (χ3v) is 4.22. The van der Waals surface area contributed by atoms with Gasteiger partial charge in [0.05, 0.1) is 0 Å². The van der Waals surface area contributed by atoms with Gasteiger partial charge in [-0.15, -0.1) is 0 Å². The second-order valence-electron chi connectivity index (χ2n) is 6.11. The van der Waals surface area contributed by atoms with Gasteiger partial charge >= 0.3 is 6.09 Å². The molecule has 1 amide bonds. The maximum absolute atomic E-state index is 12.0. The van der Waals surface area contributed by atoms with Gasteiger partial charge in [0.25, 0.3) is 0 Å². The van der Waals surface area contributed by atoms with Gasteiger partial charge in [-0.3, -0.25) is 5.32 Å². The smallest absolute Gasteiger partial charge is 0.411 e. The van der Waals surface area contributed by atoms with E-state index >= 15 is 0 Å². The average molecular weight is 263 g/mol. The van der Waals surface area contributed by atoms with Gasteiger partial charge in [-0.2, -0.15) is 0 Å². The van der Waals surface area contributed by atoms with E-state index in [1.807, 2.05) is 26.0 Å². The number of hydrogen-bond acceptors (Lipinski definition) is 2. The third kappa shape index (κ3) is 4.12. The predicted molar refractivity (Wildman–Crippen MR) is 76.7 cm³/mol. The maximum Gasteiger partial charge on any atom is 0.411 e. The zero-order valence-electron chi connectivity index (χ0n) is 12.1. The van der Waals surface area contributed by atoms with Crippen molar-refractivity contribution in [3.63, 3.8) is 0 Å². The Morgan fingerprint density at radius 3 is 2.68 bits per heavy atom. The molecule has 0 spiro atoms. The molecule has 0 heterocycles. The Kier molecular flexibility index (Phi) is 4.67. The summed E-state index contributed by atoms with van der Waals surface area (Å²) in [6.07, 6.45) is 13.8. The summed E-state index contributed by atoms with van der Waals surface area (Å²) >= 11 is 0. The molecule has 0 atom stereocenters. The highest BCUT2D eigenvalue weighted by molar-refractivity contribution is 5.70. The normalized spacial score (nSPS) is 20.8. The van der Waals surface area contributed by atoms with Crippen molar-refractivity contribution >= 4 is 6.09 Å². The molecule has 2 rings (SSSR count). The number of amides is 1. The second-order valence-corrected chi connectivity index (χ2v) is 6.11. The Morgan fingerprint density at radius 2 is 2.05 bits per heavy atom. The number of ether oxygens (including phenoxy) is 1. The lowest BCUT2D eigenvalue weighted by molar-refractivity contribution is -0.0174. The highest BCUT2D eigenvalue weighted by atomic mass is 16.6. The van der Waals surface area contributed by atoms with E-state index in [1.54, 1.807) is 0 Å². The summed E-state index contributed by atoms with van der Waals surface area (Å²) in [6.45, 7) is 4.08. The predicted octanol–water partition coefficient (Wildman–Crippen LogP) is 4.31. The van der Waals surface area contributed by atoms with E-state index in [9.17, 15) is 4.79 Å². The van der Waals surface area contributed by atoms with Crippen LogP contribution in [0.2, 0.25) is 0 Å². The molecule has 0 aromatic rings. The molecule has 0 bridgehead atoms. The molecule has 0 aliphatic heterocycles. The SMILES string of the molecule is CC(C)(OC(=O)NC1=CC=CCC1)C1CCCCC1. The Balaban J connectivity index is 1.86. The van der Waals surface area contributed by atoms with Crippen LogP contribution < -0.4 is 5.32 Å². The van der Waals surface area contributed by atoms with Crippen LogP contribution in [0, 0.1) is 5.92 Å². The lowest BCUT2D eigenvalue weighted by Gasteiger charge is -2.36. The van der Waals surface area contributed by atoms with Crippen molar-refractivity contribution in [2.75, 3.05) is 0 Å². The van der Waals surface area contributed by atoms with Gasteiger partial charge in [-0.05, 0) is 51.5 Å². The number of carbonyl (C=O) groups excluding carboxylic acids is 1. The summed E-state index contributed by atoms with van der Waals surface area (Å²) in [5, 5.41) is 2.86.